The fraction of sp³-hybridized carbons (Fsp3) is 0. The predicted molar refractivity (Wildman–Crippen MR) is 65.2 cm³/mol. The van der Waals surface area contributed by atoms with Crippen LogP contribution in [0.2, 0.25) is 0 Å². The molecule has 0 fully saturated rings. The molecule has 0 amide bonds. The molecule has 1 heterocycles. The molecule has 0 aliphatic carbocycles. The lowest BCUT2D eigenvalue weighted by Crippen LogP contribution is -1.86. The van der Waals surface area contributed by atoms with E-state index in [2.05, 4.69) is 41.2 Å². The summed E-state index contributed by atoms with van der Waals surface area (Å²) in [7, 11) is 0. The van der Waals surface area contributed by atoms with Crippen LogP contribution in [0.25, 0.3) is 10.6 Å². The molecule has 72 valence electrons. The zero-order valence-corrected chi connectivity index (χ0v) is 10.9. The van der Waals surface area contributed by atoms with Crippen molar-refractivity contribution in [3.63, 3.8) is 0 Å². The number of aromatic nitrogens is 2. The second-order valence-electron chi connectivity index (χ2n) is 2.58. The second-order valence-corrected chi connectivity index (χ2v) is 5.10. The standard InChI is InChI=1S/C8H5Br2N3S/c9-4-1-2-6(10)5(3-4)7-12-8(11)13-14-7/h1-3H,(H2,11,13). The molecular weight excluding hydrogens is 330 g/mol. The van der Waals surface area contributed by atoms with Gasteiger partial charge in [-0.15, -0.1) is 0 Å². The van der Waals surface area contributed by atoms with Crippen LogP contribution in [-0.4, -0.2) is 9.36 Å². The van der Waals surface area contributed by atoms with Crippen molar-refractivity contribution in [3.05, 3.63) is 27.1 Å². The van der Waals surface area contributed by atoms with Crippen molar-refractivity contribution in [1.29, 1.82) is 0 Å². The molecule has 2 rings (SSSR count). The lowest BCUT2D eigenvalue weighted by Gasteiger charge is -1.99. The average molecular weight is 335 g/mol. The van der Waals surface area contributed by atoms with Crippen molar-refractivity contribution >= 4 is 49.3 Å². The van der Waals surface area contributed by atoms with Gasteiger partial charge in [-0.1, -0.05) is 31.9 Å². The summed E-state index contributed by atoms with van der Waals surface area (Å²) in [5, 5.41) is 0.815. The molecule has 2 N–H and O–H groups in total. The van der Waals surface area contributed by atoms with Gasteiger partial charge in [0.25, 0.3) is 0 Å². The Labute approximate surface area is 102 Å². The summed E-state index contributed by atoms with van der Waals surface area (Å²) in [5.74, 6) is 0.317. The molecule has 0 aliphatic rings. The molecule has 0 aliphatic heterocycles. The quantitative estimate of drug-likeness (QED) is 0.870. The maximum atomic E-state index is 5.47. The van der Waals surface area contributed by atoms with E-state index in [1.165, 1.54) is 11.5 Å². The van der Waals surface area contributed by atoms with Crippen LogP contribution in [0.4, 0.5) is 5.95 Å². The van der Waals surface area contributed by atoms with Crippen molar-refractivity contribution in [1.82, 2.24) is 9.36 Å². The minimum atomic E-state index is 0.317. The SMILES string of the molecule is Nc1nsc(-c2cc(Br)ccc2Br)n1. The molecule has 0 spiro atoms. The minimum absolute atomic E-state index is 0.317. The fourth-order valence-corrected chi connectivity index (χ4v) is 2.55. The highest BCUT2D eigenvalue weighted by Crippen LogP contribution is 2.32. The first-order valence-electron chi connectivity index (χ1n) is 3.71. The smallest absolute Gasteiger partial charge is 0.232 e. The first-order valence-corrected chi connectivity index (χ1v) is 6.07. The van der Waals surface area contributed by atoms with Gasteiger partial charge in [0, 0.05) is 14.5 Å². The summed E-state index contributed by atoms with van der Waals surface area (Å²) < 4.78 is 5.92. The van der Waals surface area contributed by atoms with E-state index in [4.69, 9.17) is 5.73 Å². The molecule has 14 heavy (non-hydrogen) atoms. The lowest BCUT2D eigenvalue weighted by molar-refractivity contribution is 1.34. The highest BCUT2D eigenvalue weighted by Gasteiger charge is 2.08. The Morgan fingerprint density at radius 3 is 2.71 bits per heavy atom. The Morgan fingerprint density at radius 1 is 1.29 bits per heavy atom. The summed E-state index contributed by atoms with van der Waals surface area (Å²) in [6, 6.07) is 5.89. The minimum Gasteiger partial charge on any atom is -0.367 e. The van der Waals surface area contributed by atoms with Gasteiger partial charge in [0.15, 0.2) is 0 Å². The number of anilines is 1. The van der Waals surface area contributed by atoms with Crippen LogP contribution in [0.5, 0.6) is 0 Å². The largest absolute Gasteiger partial charge is 0.367 e. The summed E-state index contributed by atoms with van der Waals surface area (Å²) in [6.45, 7) is 0. The number of nitrogens with zero attached hydrogens (tertiary/aromatic N) is 2. The van der Waals surface area contributed by atoms with Crippen LogP contribution in [0.1, 0.15) is 0 Å². The molecule has 0 saturated carbocycles. The average Bonchev–Trinajstić information content (AvgIpc) is 2.56. The third kappa shape index (κ3) is 1.97. The topological polar surface area (TPSA) is 51.8 Å². The number of halogens is 2. The summed E-state index contributed by atoms with van der Waals surface area (Å²) in [6.07, 6.45) is 0. The third-order valence-corrected chi connectivity index (χ3v) is 3.55. The summed E-state index contributed by atoms with van der Waals surface area (Å²) in [5.41, 5.74) is 6.46. The van der Waals surface area contributed by atoms with E-state index >= 15 is 0 Å². The van der Waals surface area contributed by atoms with E-state index in [-0.39, 0.29) is 0 Å². The summed E-state index contributed by atoms with van der Waals surface area (Å²) in [4.78, 5) is 4.12. The number of hydrogen-bond acceptors (Lipinski definition) is 4. The Hall–Kier alpha value is -0.460. The van der Waals surface area contributed by atoms with Gasteiger partial charge in [0.1, 0.15) is 5.01 Å². The normalized spacial score (nSPS) is 10.4. The van der Waals surface area contributed by atoms with Gasteiger partial charge in [0.05, 0.1) is 0 Å². The van der Waals surface area contributed by atoms with E-state index in [0.717, 1.165) is 19.5 Å². The van der Waals surface area contributed by atoms with Crippen molar-refractivity contribution in [3.8, 4) is 10.6 Å². The van der Waals surface area contributed by atoms with E-state index in [9.17, 15) is 0 Å². The van der Waals surface area contributed by atoms with Crippen LogP contribution in [0.15, 0.2) is 27.1 Å². The monoisotopic (exact) mass is 333 g/mol. The Bertz CT molecular complexity index is 469. The molecule has 0 atom stereocenters. The van der Waals surface area contributed by atoms with Crippen LogP contribution in [0.3, 0.4) is 0 Å². The van der Waals surface area contributed by atoms with Gasteiger partial charge >= 0.3 is 0 Å². The van der Waals surface area contributed by atoms with Gasteiger partial charge < -0.3 is 5.73 Å². The van der Waals surface area contributed by atoms with Gasteiger partial charge in [-0.3, -0.25) is 0 Å². The van der Waals surface area contributed by atoms with Crippen LogP contribution >= 0.6 is 43.4 Å². The highest BCUT2D eigenvalue weighted by atomic mass is 79.9. The zero-order chi connectivity index (χ0) is 10.1. The second kappa shape index (κ2) is 3.96. The van der Waals surface area contributed by atoms with Crippen LogP contribution in [0, 0.1) is 0 Å². The van der Waals surface area contributed by atoms with Gasteiger partial charge in [-0.25, -0.2) is 0 Å². The van der Waals surface area contributed by atoms with Gasteiger partial charge in [-0.2, -0.15) is 9.36 Å². The third-order valence-electron chi connectivity index (χ3n) is 1.60. The molecule has 0 unspecified atom stereocenters. The molecule has 6 heteroatoms. The molecule has 3 nitrogen and oxygen atoms in total. The van der Waals surface area contributed by atoms with Crippen LogP contribution in [-0.2, 0) is 0 Å². The van der Waals surface area contributed by atoms with Crippen molar-refractivity contribution in [2.75, 3.05) is 5.73 Å². The molecule has 0 radical (unpaired) electrons. The molecule has 1 aromatic carbocycles. The number of nitrogen functional groups attached to an aromatic ring is 1. The first kappa shape index (κ1) is 10.1. The fourth-order valence-electron chi connectivity index (χ4n) is 1.01. The number of rotatable bonds is 1. The van der Waals surface area contributed by atoms with Crippen molar-refractivity contribution in [2.24, 2.45) is 0 Å². The van der Waals surface area contributed by atoms with E-state index < -0.39 is 0 Å². The lowest BCUT2D eigenvalue weighted by atomic mass is 10.2. The first-order chi connectivity index (χ1) is 6.66. The summed E-state index contributed by atoms with van der Waals surface area (Å²) >= 11 is 8.15. The molecule has 0 bridgehead atoms. The Morgan fingerprint density at radius 2 is 2.07 bits per heavy atom. The Kier molecular flexibility index (Phi) is 2.85. The number of nitrogens with two attached hydrogens (primary N) is 1. The molecule has 2 aromatic rings. The van der Waals surface area contributed by atoms with Gasteiger partial charge in [-0.05, 0) is 29.7 Å². The van der Waals surface area contributed by atoms with E-state index in [0.29, 0.717) is 5.95 Å². The van der Waals surface area contributed by atoms with Crippen molar-refractivity contribution < 1.29 is 0 Å². The maximum Gasteiger partial charge on any atom is 0.232 e. The highest BCUT2D eigenvalue weighted by molar-refractivity contribution is 9.11. The van der Waals surface area contributed by atoms with Gasteiger partial charge in [0.2, 0.25) is 5.95 Å². The van der Waals surface area contributed by atoms with E-state index in [1.54, 1.807) is 0 Å². The van der Waals surface area contributed by atoms with Crippen LogP contribution < -0.4 is 5.73 Å². The van der Waals surface area contributed by atoms with E-state index in [1.807, 2.05) is 18.2 Å². The van der Waals surface area contributed by atoms with Crippen molar-refractivity contribution in [2.45, 2.75) is 0 Å². The molecule has 1 aromatic heterocycles. The number of benzene rings is 1. The predicted octanol–water partition coefficient (Wildman–Crippen LogP) is 3.31. The number of hydrogen-bond donors (Lipinski definition) is 1. The maximum absolute atomic E-state index is 5.47. The molecule has 0 saturated heterocycles. The molecular formula is C8H5Br2N3S. The Balaban J connectivity index is 2.55. The zero-order valence-electron chi connectivity index (χ0n) is 6.87.